The first-order chi connectivity index (χ1) is 22.6. The van der Waals surface area contributed by atoms with Gasteiger partial charge >= 0.3 is 0 Å². The average molecular weight is 683 g/mol. The third-order valence-electron chi connectivity index (χ3n) is 11.2. The van der Waals surface area contributed by atoms with Crippen molar-refractivity contribution in [3.63, 3.8) is 0 Å². The Morgan fingerprint density at radius 1 is 0.957 bits per heavy atom. The molecule has 4 heterocycles. The molecule has 0 spiro atoms. The first kappa shape index (κ1) is 36.1. The zero-order chi connectivity index (χ0) is 33.5. The van der Waals surface area contributed by atoms with Gasteiger partial charge in [0, 0.05) is 44.0 Å². The smallest absolute Gasteiger partial charge is 0.180 e. The van der Waals surface area contributed by atoms with Crippen LogP contribution in [0.4, 0.5) is 11.4 Å². The minimum Gasteiger partial charge on any atom is -0.378 e. The summed E-state index contributed by atoms with van der Waals surface area (Å²) in [7, 11) is 0.485. The minimum absolute atomic E-state index is 0.130. The number of anilines is 2. The van der Waals surface area contributed by atoms with Crippen molar-refractivity contribution < 1.29 is 12.9 Å². The summed E-state index contributed by atoms with van der Waals surface area (Å²) in [5, 5.41) is 11.6. The maximum Gasteiger partial charge on any atom is 0.180 e. The lowest BCUT2D eigenvalue weighted by Gasteiger charge is -2.49. The monoisotopic (exact) mass is 682 g/mol. The first-order valence-electron chi connectivity index (χ1n) is 18.4. The molecule has 2 bridgehead atoms. The fraction of sp³-hybridized carbons (Fsp3) is 0.658. The number of fused-ring (bicyclic) bond motifs is 4. The topological polar surface area (TPSA) is 73.5 Å². The van der Waals surface area contributed by atoms with E-state index in [0.717, 1.165) is 92.8 Å². The second-order valence-electron chi connectivity index (χ2n) is 15.0. The molecule has 0 radical (unpaired) electrons. The Labute approximate surface area is 290 Å². The van der Waals surface area contributed by atoms with Crippen LogP contribution in [0.1, 0.15) is 108 Å². The Hall–Kier alpha value is -2.20. The predicted octanol–water partition coefficient (Wildman–Crippen LogP) is 7.43. The van der Waals surface area contributed by atoms with Crippen LogP contribution >= 0.6 is 12.2 Å². The summed E-state index contributed by atoms with van der Waals surface area (Å²) in [4.78, 5) is 2.50. The van der Waals surface area contributed by atoms with Crippen LogP contribution < -0.4 is 20.9 Å². The third-order valence-corrected chi connectivity index (χ3v) is 13.4. The fourth-order valence-electron chi connectivity index (χ4n) is 8.35. The van der Waals surface area contributed by atoms with Crippen molar-refractivity contribution in [2.24, 2.45) is 5.92 Å². The maximum atomic E-state index is 14.2. The molecule has 0 saturated carbocycles. The Morgan fingerprint density at radius 3 is 2.28 bits per heavy atom. The highest BCUT2D eigenvalue weighted by molar-refractivity contribution is 7.91. The lowest BCUT2D eigenvalue weighted by atomic mass is 9.85. The number of quaternary nitrogens is 1. The molecule has 9 heteroatoms. The molecule has 47 heavy (non-hydrogen) atoms. The molecule has 1 unspecified atom stereocenters. The van der Waals surface area contributed by atoms with Gasteiger partial charge in [-0.2, -0.15) is 0 Å². The van der Waals surface area contributed by atoms with Crippen LogP contribution in [-0.4, -0.2) is 76.1 Å². The summed E-state index contributed by atoms with van der Waals surface area (Å²) in [5.74, 6) is 1.12. The zero-order valence-corrected chi connectivity index (χ0v) is 31.1. The number of nitrogens with zero attached hydrogens (tertiary/aromatic N) is 2. The van der Waals surface area contributed by atoms with Gasteiger partial charge in [0.1, 0.15) is 0 Å². The lowest BCUT2D eigenvalue weighted by molar-refractivity contribution is -0.942. The van der Waals surface area contributed by atoms with Gasteiger partial charge in [-0.05, 0) is 91.7 Å². The summed E-state index contributed by atoms with van der Waals surface area (Å²) < 4.78 is 29.7. The molecular formula is C38H60N5O2S2+. The van der Waals surface area contributed by atoms with Gasteiger partial charge < -0.3 is 20.0 Å². The van der Waals surface area contributed by atoms with Crippen molar-refractivity contribution in [1.29, 1.82) is 0 Å². The van der Waals surface area contributed by atoms with Crippen molar-refractivity contribution >= 4 is 38.5 Å². The summed E-state index contributed by atoms with van der Waals surface area (Å²) >= 11 is 5.76. The minimum atomic E-state index is -3.53. The van der Waals surface area contributed by atoms with Crippen LogP contribution in [0.5, 0.6) is 0 Å². The van der Waals surface area contributed by atoms with E-state index in [1.165, 1.54) is 49.9 Å². The molecule has 3 fully saturated rings. The molecule has 3 saturated heterocycles. The van der Waals surface area contributed by atoms with Crippen molar-refractivity contribution in [1.82, 2.24) is 10.6 Å². The molecular weight excluding hydrogens is 623 g/mol. The number of thiocarbonyl (C=S) groups is 1. The number of hydrogen-bond acceptors (Lipinski definition) is 5. The van der Waals surface area contributed by atoms with Crippen molar-refractivity contribution in [3.8, 4) is 0 Å². The summed E-state index contributed by atoms with van der Waals surface area (Å²) in [6, 6.07) is 14.0. The van der Waals surface area contributed by atoms with E-state index in [9.17, 15) is 8.42 Å². The second-order valence-corrected chi connectivity index (χ2v) is 17.3. The van der Waals surface area contributed by atoms with E-state index in [1.54, 1.807) is 0 Å². The lowest BCUT2D eigenvalue weighted by Crippen LogP contribution is -2.58. The van der Waals surface area contributed by atoms with Crippen LogP contribution in [0, 0.1) is 5.92 Å². The van der Waals surface area contributed by atoms with Crippen LogP contribution in [0.3, 0.4) is 0 Å². The number of benzene rings is 2. The number of piperidine rings is 3. The van der Waals surface area contributed by atoms with Gasteiger partial charge in [-0.1, -0.05) is 64.5 Å². The molecule has 0 aliphatic carbocycles. The number of nitrogens with one attached hydrogen (secondary N) is 3. The molecule has 4 aliphatic rings. The molecule has 3 N–H and O–H groups in total. The predicted molar refractivity (Wildman–Crippen MR) is 201 cm³/mol. The Bertz CT molecular complexity index is 1430. The number of unbranched alkanes of at least 4 members (excludes halogenated alkanes) is 4. The molecule has 260 valence electrons. The van der Waals surface area contributed by atoms with Gasteiger partial charge in [0.25, 0.3) is 0 Å². The Kier molecular flexibility index (Phi) is 12.3. The normalized spacial score (nSPS) is 24.3. The molecule has 2 aromatic rings. The van der Waals surface area contributed by atoms with Crippen molar-refractivity contribution in [2.45, 2.75) is 107 Å². The van der Waals surface area contributed by atoms with E-state index < -0.39 is 15.4 Å². The van der Waals surface area contributed by atoms with Gasteiger partial charge in [-0.25, -0.2) is 8.42 Å². The molecule has 1 atom stereocenters. The van der Waals surface area contributed by atoms with Gasteiger partial charge in [0.05, 0.1) is 42.9 Å². The third kappa shape index (κ3) is 9.08. The SMILES string of the molecule is CCCCCC1(CCCCC)CS(=O)(=O)c2ccc(N(C)C)cc2C(c2cccc(NC(=S)NCCC[N+]34CCC(CC3)CC4)c2)N1. The van der Waals surface area contributed by atoms with Gasteiger partial charge in [-0.3, -0.25) is 5.32 Å². The largest absolute Gasteiger partial charge is 0.378 e. The molecule has 2 aromatic carbocycles. The summed E-state index contributed by atoms with van der Waals surface area (Å²) in [6.45, 7) is 10.6. The molecule has 6 rings (SSSR count). The molecule has 0 amide bonds. The standard InChI is InChI=1S/C38H59N5O2S2/c1-5-7-9-20-38(21-10-8-6-2)29-47(44,45)35-16-15-33(42(3)4)28-34(35)36(41-38)31-13-11-14-32(27-31)40-37(46)39-22-12-23-43-24-17-30(18-25-43)19-26-43/h11,13-16,27-28,30,36,41H,5-10,12,17-26,29H2,1-4H3,(H-,39,40,46)/p+1. The maximum absolute atomic E-state index is 14.2. The van der Waals surface area contributed by atoms with Crippen LogP contribution in [-0.2, 0) is 9.84 Å². The quantitative estimate of drug-likeness (QED) is 0.103. The molecule has 0 aromatic heterocycles. The van der Waals surface area contributed by atoms with Crippen LogP contribution in [0.2, 0.25) is 0 Å². The molecule has 7 nitrogen and oxygen atoms in total. The second kappa shape index (κ2) is 16.0. The Balaban J connectivity index is 1.37. The van der Waals surface area contributed by atoms with E-state index in [0.29, 0.717) is 10.0 Å². The van der Waals surface area contributed by atoms with E-state index in [2.05, 4.69) is 54.1 Å². The van der Waals surface area contributed by atoms with E-state index in [-0.39, 0.29) is 11.8 Å². The first-order valence-corrected chi connectivity index (χ1v) is 20.5. The number of hydrogen-bond donors (Lipinski definition) is 3. The average Bonchev–Trinajstić information content (AvgIpc) is 3.16. The number of sulfone groups is 1. The molecule has 4 aliphatic heterocycles. The summed E-state index contributed by atoms with van der Waals surface area (Å²) in [6.07, 6.45) is 13.5. The van der Waals surface area contributed by atoms with Crippen LogP contribution in [0.25, 0.3) is 0 Å². The van der Waals surface area contributed by atoms with Gasteiger partial charge in [0.15, 0.2) is 14.9 Å². The summed E-state index contributed by atoms with van der Waals surface area (Å²) in [5.41, 5.74) is 3.29. The zero-order valence-electron chi connectivity index (χ0n) is 29.5. The van der Waals surface area contributed by atoms with Crippen molar-refractivity contribution in [2.75, 3.05) is 62.8 Å². The van der Waals surface area contributed by atoms with E-state index in [1.807, 2.05) is 37.2 Å². The fourth-order valence-corrected chi connectivity index (χ4v) is 10.6. The highest BCUT2D eigenvalue weighted by atomic mass is 32.2. The van der Waals surface area contributed by atoms with E-state index >= 15 is 0 Å². The number of rotatable bonds is 15. The van der Waals surface area contributed by atoms with Crippen molar-refractivity contribution in [3.05, 3.63) is 53.6 Å². The highest BCUT2D eigenvalue weighted by Crippen LogP contribution is 2.41. The van der Waals surface area contributed by atoms with Crippen LogP contribution in [0.15, 0.2) is 47.4 Å². The van der Waals surface area contributed by atoms with Gasteiger partial charge in [-0.15, -0.1) is 0 Å². The van der Waals surface area contributed by atoms with E-state index in [4.69, 9.17) is 12.2 Å². The highest BCUT2D eigenvalue weighted by Gasteiger charge is 2.43. The van der Waals surface area contributed by atoms with Gasteiger partial charge in [0.2, 0.25) is 0 Å². The Morgan fingerprint density at radius 2 is 1.64 bits per heavy atom.